The number of rotatable bonds is 4. The summed E-state index contributed by atoms with van der Waals surface area (Å²) in [6.07, 6.45) is 3.56. The van der Waals surface area contributed by atoms with Gasteiger partial charge in [0.25, 0.3) is 11.8 Å². The van der Waals surface area contributed by atoms with Gasteiger partial charge in [-0.05, 0) is 48.1 Å². The molecule has 44 heavy (non-hydrogen) atoms. The highest BCUT2D eigenvalue weighted by atomic mass is 79.9. The number of aromatic hydroxyl groups is 1. The third kappa shape index (κ3) is 3.85. The van der Waals surface area contributed by atoms with Crippen LogP contribution < -0.4 is 4.74 Å². The zero-order valence-electron chi connectivity index (χ0n) is 23.6. The molecule has 2 fully saturated rings. The predicted octanol–water partition coefficient (Wildman–Crippen LogP) is 5.38. The Balaban J connectivity index is 1.56. The number of hydroxylamine groups is 2. The van der Waals surface area contributed by atoms with E-state index in [4.69, 9.17) is 4.74 Å². The molecule has 2 amide bonds. The number of hydrogen-bond donors (Lipinski definition) is 2. The SMILES string of the molecule is COc1cc(Br)cc([C@H]2C3=CC[C@@H]4C(=O)N(O)C(=O)[C@@H]4[C@@H]3C[C@H]3C(=O)C(c4ccccc4)=CC(=O)[C@@]23c2ccccc2)c1O. The van der Waals surface area contributed by atoms with E-state index in [0.29, 0.717) is 26.7 Å². The lowest BCUT2D eigenvalue weighted by molar-refractivity contribution is -0.173. The molecule has 2 N–H and O–H groups in total. The van der Waals surface area contributed by atoms with Gasteiger partial charge in [-0.15, -0.1) is 0 Å². The molecule has 4 aliphatic rings. The quantitative estimate of drug-likeness (QED) is 0.220. The monoisotopic (exact) mass is 653 g/mol. The number of halogens is 1. The van der Waals surface area contributed by atoms with E-state index in [9.17, 15) is 29.5 Å². The van der Waals surface area contributed by atoms with Gasteiger partial charge in [-0.3, -0.25) is 24.4 Å². The largest absolute Gasteiger partial charge is 0.504 e. The standard InChI is InChI=1S/C35H28BrNO7/c1-44-27-15-20(36)14-25(32(27)40)30-21-12-13-22-29(34(42)37(43)33(22)41)24(21)16-26-31(39)23(18-8-4-2-5-9-18)17-28(38)35(26,30)19-10-6-3-7-11-19/h2-12,14-15,17,22,24,26,29-30,40,43H,13,16H2,1H3/t22-,24+,26-,29-,30+,35-/m0/s1. The zero-order chi connectivity index (χ0) is 30.9. The van der Waals surface area contributed by atoms with Gasteiger partial charge < -0.3 is 9.84 Å². The molecule has 3 aliphatic carbocycles. The maximum absolute atomic E-state index is 14.9. The lowest BCUT2D eigenvalue weighted by Crippen LogP contribution is -2.58. The minimum Gasteiger partial charge on any atom is -0.504 e. The van der Waals surface area contributed by atoms with E-state index in [2.05, 4.69) is 15.9 Å². The van der Waals surface area contributed by atoms with E-state index in [1.807, 2.05) is 42.5 Å². The molecule has 0 bridgehead atoms. The normalized spacial score (nSPS) is 29.4. The van der Waals surface area contributed by atoms with Crippen molar-refractivity contribution in [2.45, 2.75) is 24.2 Å². The van der Waals surface area contributed by atoms with E-state index in [-0.39, 0.29) is 46.5 Å². The fourth-order valence-corrected chi connectivity index (χ4v) is 8.63. The highest BCUT2D eigenvalue weighted by Gasteiger charge is 2.66. The summed E-state index contributed by atoms with van der Waals surface area (Å²) in [6, 6.07) is 21.4. The summed E-state index contributed by atoms with van der Waals surface area (Å²) < 4.78 is 6.09. The number of imide groups is 1. The number of allylic oxidation sites excluding steroid dienone is 4. The number of phenolic OH excluding ortho intramolecular Hbond substituents is 1. The van der Waals surface area contributed by atoms with Crippen LogP contribution in [0.5, 0.6) is 11.5 Å². The molecule has 0 radical (unpaired) electrons. The molecule has 3 aromatic carbocycles. The number of phenols is 1. The topological polar surface area (TPSA) is 121 Å². The van der Waals surface area contributed by atoms with Crippen LogP contribution in [0.1, 0.15) is 35.4 Å². The molecule has 222 valence electrons. The minimum atomic E-state index is -1.49. The highest BCUT2D eigenvalue weighted by molar-refractivity contribution is 9.10. The van der Waals surface area contributed by atoms with Crippen molar-refractivity contribution in [3.8, 4) is 11.5 Å². The van der Waals surface area contributed by atoms with E-state index < -0.39 is 46.8 Å². The van der Waals surface area contributed by atoms with Crippen LogP contribution in [0.4, 0.5) is 0 Å². The molecule has 0 unspecified atom stereocenters. The van der Waals surface area contributed by atoms with E-state index in [1.54, 1.807) is 36.4 Å². The third-order valence-corrected chi connectivity index (χ3v) is 10.4. The van der Waals surface area contributed by atoms with E-state index in [1.165, 1.54) is 13.2 Å². The van der Waals surface area contributed by atoms with Gasteiger partial charge >= 0.3 is 0 Å². The Morgan fingerprint density at radius 1 is 0.932 bits per heavy atom. The third-order valence-electron chi connectivity index (χ3n) is 9.95. The minimum absolute atomic E-state index is 0.103. The van der Waals surface area contributed by atoms with Crippen molar-refractivity contribution in [1.29, 1.82) is 0 Å². The maximum Gasteiger partial charge on any atom is 0.257 e. The molecule has 0 aromatic heterocycles. The molecule has 1 heterocycles. The molecule has 1 saturated carbocycles. The summed E-state index contributed by atoms with van der Waals surface area (Å²) in [5, 5.41) is 22.2. The number of methoxy groups -OCH3 is 1. The number of amides is 2. The van der Waals surface area contributed by atoms with Crippen LogP contribution in [0.3, 0.4) is 0 Å². The summed E-state index contributed by atoms with van der Waals surface area (Å²) in [7, 11) is 1.43. The van der Waals surface area contributed by atoms with Crippen LogP contribution >= 0.6 is 15.9 Å². The first-order valence-electron chi connectivity index (χ1n) is 14.4. The summed E-state index contributed by atoms with van der Waals surface area (Å²) in [5.74, 6) is -6.15. The van der Waals surface area contributed by atoms with Crippen LogP contribution in [0.15, 0.2) is 95.0 Å². The Hall–Kier alpha value is -4.34. The fraction of sp³-hybridized carbons (Fsp3) is 0.257. The molecule has 1 saturated heterocycles. The van der Waals surface area contributed by atoms with Crippen molar-refractivity contribution in [3.63, 3.8) is 0 Å². The molecular weight excluding hydrogens is 626 g/mol. The lowest BCUT2D eigenvalue weighted by Gasteiger charge is -2.55. The molecule has 1 aliphatic heterocycles. The number of carbonyl (C=O) groups is 4. The van der Waals surface area contributed by atoms with Crippen molar-refractivity contribution in [1.82, 2.24) is 5.06 Å². The molecule has 8 nitrogen and oxygen atoms in total. The van der Waals surface area contributed by atoms with Crippen LogP contribution in [0, 0.1) is 23.7 Å². The molecular formula is C35H28BrNO7. The average molecular weight is 655 g/mol. The summed E-state index contributed by atoms with van der Waals surface area (Å²) >= 11 is 3.53. The van der Waals surface area contributed by atoms with Gasteiger partial charge in [0.1, 0.15) is 0 Å². The number of Topliss-reactive ketones (excluding diaryl/α,β-unsaturated/α-hetero) is 1. The molecule has 3 aromatic rings. The second-order valence-corrected chi connectivity index (χ2v) is 12.7. The molecule has 9 heteroatoms. The van der Waals surface area contributed by atoms with Gasteiger partial charge in [0, 0.05) is 27.4 Å². The van der Waals surface area contributed by atoms with Gasteiger partial charge in [-0.25, -0.2) is 0 Å². The summed E-state index contributed by atoms with van der Waals surface area (Å²) in [6.45, 7) is 0. The van der Waals surface area contributed by atoms with Crippen molar-refractivity contribution in [2.24, 2.45) is 23.7 Å². The first-order chi connectivity index (χ1) is 21.2. The zero-order valence-corrected chi connectivity index (χ0v) is 25.2. The van der Waals surface area contributed by atoms with E-state index in [0.717, 1.165) is 0 Å². The van der Waals surface area contributed by atoms with Gasteiger partial charge in [0.15, 0.2) is 23.1 Å². The number of carbonyl (C=O) groups excluding carboxylic acids is 4. The second-order valence-electron chi connectivity index (χ2n) is 11.8. The first kappa shape index (κ1) is 28.4. The number of ketones is 2. The van der Waals surface area contributed by atoms with Crippen molar-refractivity contribution in [2.75, 3.05) is 7.11 Å². The molecule has 6 atom stereocenters. The Morgan fingerprint density at radius 2 is 1.61 bits per heavy atom. The number of hydrogen-bond acceptors (Lipinski definition) is 7. The van der Waals surface area contributed by atoms with Crippen LogP contribution in [0.25, 0.3) is 5.57 Å². The smallest absolute Gasteiger partial charge is 0.257 e. The predicted molar refractivity (Wildman–Crippen MR) is 163 cm³/mol. The van der Waals surface area contributed by atoms with Gasteiger partial charge in [0.05, 0.1) is 24.4 Å². The number of ether oxygens (including phenoxy) is 1. The maximum atomic E-state index is 14.9. The van der Waals surface area contributed by atoms with Crippen molar-refractivity contribution < 1.29 is 34.2 Å². The number of benzene rings is 3. The number of fused-ring (bicyclic) bond motifs is 4. The van der Waals surface area contributed by atoms with Gasteiger partial charge in [0.2, 0.25) is 0 Å². The second kappa shape index (κ2) is 10.4. The van der Waals surface area contributed by atoms with Crippen LogP contribution in [0.2, 0.25) is 0 Å². The lowest BCUT2D eigenvalue weighted by atomic mass is 9.44. The van der Waals surface area contributed by atoms with Gasteiger partial charge in [-0.1, -0.05) is 88.2 Å². The Kier molecular flexibility index (Phi) is 6.71. The summed E-state index contributed by atoms with van der Waals surface area (Å²) in [5.41, 5.74) is 1.03. The Labute approximate surface area is 261 Å². The first-order valence-corrected chi connectivity index (χ1v) is 15.2. The van der Waals surface area contributed by atoms with Gasteiger partial charge in [-0.2, -0.15) is 5.06 Å². The fourth-order valence-electron chi connectivity index (χ4n) is 8.17. The van der Waals surface area contributed by atoms with E-state index >= 15 is 0 Å². The van der Waals surface area contributed by atoms with Crippen molar-refractivity contribution >= 4 is 44.9 Å². The molecule has 0 spiro atoms. The van der Waals surface area contributed by atoms with Crippen LogP contribution in [-0.4, -0.2) is 45.9 Å². The summed E-state index contributed by atoms with van der Waals surface area (Å²) in [4.78, 5) is 56.0. The highest BCUT2D eigenvalue weighted by Crippen LogP contribution is 2.65. The van der Waals surface area contributed by atoms with Crippen LogP contribution in [-0.2, 0) is 24.6 Å². The number of nitrogens with zero attached hydrogens (tertiary/aromatic N) is 1. The molecule has 7 rings (SSSR count). The van der Waals surface area contributed by atoms with Crippen molar-refractivity contribution in [3.05, 3.63) is 112 Å². The Morgan fingerprint density at radius 3 is 2.30 bits per heavy atom. The Bertz CT molecular complexity index is 1800. The average Bonchev–Trinajstić information content (AvgIpc) is 3.27.